The van der Waals surface area contributed by atoms with E-state index in [1.807, 2.05) is 25.1 Å². The number of rotatable bonds is 2. The van der Waals surface area contributed by atoms with Crippen LogP contribution in [0.1, 0.15) is 25.3 Å². The molecular formula is C13H19ClN2O. The van der Waals surface area contributed by atoms with Crippen molar-refractivity contribution in [3.63, 3.8) is 0 Å². The summed E-state index contributed by atoms with van der Waals surface area (Å²) < 4.78 is 0. The quantitative estimate of drug-likeness (QED) is 0.850. The number of hydrogen-bond donors (Lipinski definition) is 2. The van der Waals surface area contributed by atoms with Crippen molar-refractivity contribution in [1.29, 1.82) is 0 Å². The fourth-order valence-corrected chi connectivity index (χ4v) is 2.40. The van der Waals surface area contributed by atoms with Gasteiger partial charge in [-0.05, 0) is 37.5 Å². The fourth-order valence-electron chi connectivity index (χ4n) is 2.15. The maximum Gasteiger partial charge on any atom is 0.0653 e. The van der Waals surface area contributed by atoms with Gasteiger partial charge in [0.05, 0.1) is 5.60 Å². The highest BCUT2D eigenvalue weighted by molar-refractivity contribution is 6.31. The van der Waals surface area contributed by atoms with E-state index in [1.165, 1.54) is 0 Å². The highest BCUT2D eigenvalue weighted by Gasteiger charge is 2.27. The van der Waals surface area contributed by atoms with Crippen molar-refractivity contribution >= 4 is 17.3 Å². The lowest BCUT2D eigenvalue weighted by molar-refractivity contribution is 0.0351. The molecule has 94 valence electrons. The van der Waals surface area contributed by atoms with Crippen LogP contribution in [-0.2, 0) is 6.54 Å². The third kappa shape index (κ3) is 2.92. The first-order valence-electron chi connectivity index (χ1n) is 5.98. The van der Waals surface area contributed by atoms with Crippen LogP contribution in [0.2, 0.25) is 5.02 Å². The number of aliphatic hydroxyl groups is 1. The number of anilines is 1. The van der Waals surface area contributed by atoms with E-state index in [9.17, 15) is 5.11 Å². The lowest BCUT2D eigenvalue weighted by Crippen LogP contribution is -2.42. The normalized spacial score (nSPS) is 19.4. The Morgan fingerprint density at radius 2 is 2.06 bits per heavy atom. The Morgan fingerprint density at radius 3 is 2.59 bits per heavy atom. The predicted octanol–water partition coefficient (Wildman–Crippen LogP) is 2.15. The van der Waals surface area contributed by atoms with Crippen LogP contribution in [-0.4, -0.2) is 23.8 Å². The topological polar surface area (TPSA) is 49.5 Å². The summed E-state index contributed by atoms with van der Waals surface area (Å²) in [4.78, 5) is 2.25. The maximum atomic E-state index is 9.91. The molecule has 1 aliphatic rings. The van der Waals surface area contributed by atoms with Crippen LogP contribution in [0.5, 0.6) is 0 Å². The molecule has 1 fully saturated rings. The molecule has 0 saturated carbocycles. The first-order valence-corrected chi connectivity index (χ1v) is 6.35. The molecule has 0 spiro atoms. The monoisotopic (exact) mass is 254 g/mol. The first-order chi connectivity index (χ1) is 8.02. The number of hydrogen-bond acceptors (Lipinski definition) is 3. The van der Waals surface area contributed by atoms with E-state index >= 15 is 0 Å². The molecule has 0 unspecified atom stereocenters. The lowest BCUT2D eigenvalue weighted by Gasteiger charge is -2.37. The predicted molar refractivity (Wildman–Crippen MR) is 71.4 cm³/mol. The summed E-state index contributed by atoms with van der Waals surface area (Å²) in [6.45, 7) is 4.10. The van der Waals surface area contributed by atoms with Crippen molar-refractivity contribution in [2.24, 2.45) is 5.73 Å². The molecule has 4 heteroatoms. The van der Waals surface area contributed by atoms with E-state index in [1.54, 1.807) is 0 Å². The molecular weight excluding hydrogens is 236 g/mol. The summed E-state index contributed by atoms with van der Waals surface area (Å²) in [5.41, 5.74) is 7.15. The van der Waals surface area contributed by atoms with Gasteiger partial charge in [-0.25, -0.2) is 0 Å². The second kappa shape index (κ2) is 4.84. The van der Waals surface area contributed by atoms with Crippen LogP contribution < -0.4 is 10.6 Å². The average Bonchev–Trinajstić information content (AvgIpc) is 2.29. The minimum atomic E-state index is -0.516. The van der Waals surface area contributed by atoms with E-state index in [0.29, 0.717) is 6.54 Å². The zero-order valence-electron chi connectivity index (χ0n) is 10.1. The van der Waals surface area contributed by atoms with Crippen LogP contribution >= 0.6 is 11.6 Å². The van der Waals surface area contributed by atoms with Crippen molar-refractivity contribution in [3.8, 4) is 0 Å². The zero-order chi connectivity index (χ0) is 12.5. The minimum absolute atomic E-state index is 0.466. The Kier molecular flexibility index (Phi) is 3.61. The van der Waals surface area contributed by atoms with Gasteiger partial charge in [-0.3, -0.25) is 0 Å². The van der Waals surface area contributed by atoms with Gasteiger partial charge >= 0.3 is 0 Å². The van der Waals surface area contributed by atoms with Crippen LogP contribution in [0.3, 0.4) is 0 Å². The summed E-state index contributed by atoms with van der Waals surface area (Å²) in [5, 5.41) is 10.6. The van der Waals surface area contributed by atoms with Gasteiger partial charge in [0.1, 0.15) is 0 Å². The van der Waals surface area contributed by atoms with E-state index in [2.05, 4.69) is 4.90 Å². The molecule has 3 N–H and O–H groups in total. The first kappa shape index (κ1) is 12.7. The molecule has 1 aliphatic heterocycles. The van der Waals surface area contributed by atoms with Gasteiger partial charge in [-0.15, -0.1) is 0 Å². The average molecular weight is 255 g/mol. The van der Waals surface area contributed by atoms with Gasteiger partial charge in [-0.2, -0.15) is 0 Å². The fraction of sp³-hybridized carbons (Fsp3) is 0.538. The molecule has 1 saturated heterocycles. The highest BCUT2D eigenvalue weighted by Crippen LogP contribution is 2.28. The van der Waals surface area contributed by atoms with E-state index in [4.69, 9.17) is 17.3 Å². The molecule has 1 heterocycles. The van der Waals surface area contributed by atoms with Crippen LogP contribution in [0.4, 0.5) is 5.69 Å². The van der Waals surface area contributed by atoms with Crippen molar-refractivity contribution in [3.05, 3.63) is 28.8 Å². The smallest absolute Gasteiger partial charge is 0.0653 e. The molecule has 0 aromatic heterocycles. The van der Waals surface area contributed by atoms with E-state index in [-0.39, 0.29) is 0 Å². The number of nitrogens with zero attached hydrogens (tertiary/aromatic N) is 1. The number of halogens is 1. The van der Waals surface area contributed by atoms with E-state index in [0.717, 1.165) is 42.2 Å². The SMILES string of the molecule is CC1(O)CCN(c2ccc(CN)c(Cl)c2)CC1. The lowest BCUT2D eigenvalue weighted by atomic mass is 9.93. The standard InChI is InChI=1S/C13H19ClN2O/c1-13(17)4-6-16(7-5-13)11-3-2-10(9-15)12(14)8-11/h2-3,8,17H,4-7,9,15H2,1H3. The van der Waals surface area contributed by atoms with Crippen LogP contribution in [0, 0.1) is 0 Å². The Balaban J connectivity index is 2.11. The Labute approximate surface area is 107 Å². The molecule has 0 amide bonds. The number of benzene rings is 1. The molecule has 17 heavy (non-hydrogen) atoms. The summed E-state index contributed by atoms with van der Waals surface area (Å²) in [7, 11) is 0. The Hall–Kier alpha value is -0.770. The minimum Gasteiger partial charge on any atom is -0.390 e. The van der Waals surface area contributed by atoms with Crippen LogP contribution in [0.25, 0.3) is 0 Å². The Morgan fingerprint density at radius 1 is 1.41 bits per heavy atom. The Bertz CT molecular complexity index is 396. The zero-order valence-corrected chi connectivity index (χ0v) is 10.9. The van der Waals surface area contributed by atoms with Crippen molar-refractivity contribution in [1.82, 2.24) is 0 Å². The molecule has 0 bridgehead atoms. The van der Waals surface area contributed by atoms with Crippen molar-refractivity contribution < 1.29 is 5.11 Å². The third-order valence-electron chi connectivity index (χ3n) is 3.46. The molecule has 0 aliphatic carbocycles. The molecule has 2 rings (SSSR count). The molecule has 0 atom stereocenters. The van der Waals surface area contributed by atoms with Gasteiger partial charge in [0.25, 0.3) is 0 Å². The van der Waals surface area contributed by atoms with Gasteiger partial charge < -0.3 is 15.7 Å². The van der Waals surface area contributed by atoms with Crippen molar-refractivity contribution in [2.45, 2.75) is 31.9 Å². The molecule has 1 aromatic rings. The summed E-state index contributed by atoms with van der Waals surface area (Å²) in [6.07, 6.45) is 1.59. The summed E-state index contributed by atoms with van der Waals surface area (Å²) in [5.74, 6) is 0. The van der Waals surface area contributed by atoms with Gasteiger partial charge in [0, 0.05) is 30.3 Å². The second-order valence-corrected chi connectivity index (χ2v) is 5.37. The summed E-state index contributed by atoms with van der Waals surface area (Å²) >= 11 is 6.15. The number of nitrogens with two attached hydrogens (primary N) is 1. The van der Waals surface area contributed by atoms with Gasteiger partial charge in [0.15, 0.2) is 0 Å². The van der Waals surface area contributed by atoms with Crippen molar-refractivity contribution in [2.75, 3.05) is 18.0 Å². The largest absolute Gasteiger partial charge is 0.390 e. The van der Waals surface area contributed by atoms with E-state index < -0.39 is 5.60 Å². The summed E-state index contributed by atoms with van der Waals surface area (Å²) in [6, 6.07) is 5.99. The van der Waals surface area contributed by atoms with Gasteiger partial charge in [-0.1, -0.05) is 17.7 Å². The van der Waals surface area contributed by atoms with Crippen LogP contribution in [0.15, 0.2) is 18.2 Å². The maximum absolute atomic E-state index is 9.91. The molecule has 0 radical (unpaired) electrons. The van der Waals surface area contributed by atoms with Gasteiger partial charge in [0.2, 0.25) is 0 Å². The third-order valence-corrected chi connectivity index (χ3v) is 3.81. The number of piperidine rings is 1. The second-order valence-electron chi connectivity index (χ2n) is 4.96. The molecule has 1 aromatic carbocycles. The molecule has 3 nitrogen and oxygen atoms in total. The highest BCUT2D eigenvalue weighted by atomic mass is 35.5.